The van der Waals surface area contributed by atoms with E-state index in [0.29, 0.717) is 6.04 Å². The van der Waals surface area contributed by atoms with Crippen LogP contribution in [-0.2, 0) is 13.5 Å². The zero-order valence-corrected chi connectivity index (χ0v) is 19.8. The molecular weight excluding hydrogens is 404 g/mol. The van der Waals surface area contributed by atoms with Gasteiger partial charge in [-0.15, -0.1) is 11.8 Å². The highest BCUT2D eigenvalue weighted by Gasteiger charge is 2.32. The highest BCUT2D eigenvalue weighted by molar-refractivity contribution is 7.99. The summed E-state index contributed by atoms with van der Waals surface area (Å²) >= 11 is 1.96. The lowest BCUT2D eigenvalue weighted by Crippen LogP contribution is -2.19. The van der Waals surface area contributed by atoms with Crippen molar-refractivity contribution in [2.75, 3.05) is 11.1 Å². The number of hydrogen-bond donors (Lipinski definition) is 2. The standard InChI is InChI=1S/C25H32N4OS/c1-16-14-18(11-12-25(3,4)30)9-10-19(16)23-21-22(20-8-6-7-13-26-20)28-29(5)24(21)27-17(2)15-31-23/h6-10,13-14,17,23,27,30H,11-12,15H2,1-5H3/t17-,23-/m0/s1. The number of aromatic nitrogens is 3. The average Bonchev–Trinajstić information content (AvgIpc) is 2.93. The molecule has 5 nitrogen and oxygen atoms in total. The van der Waals surface area contributed by atoms with E-state index in [0.717, 1.165) is 35.8 Å². The van der Waals surface area contributed by atoms with Crippen LogP contribution >= 0.6 is 11.8 Å². The van der Waals surface area contributed by atoms with Crippen molar-refractivity contribution in [1.29, 1.82) is 0 Å². The molecule has 31 heavy (non-hydrogen) atoms. The Balaban J connectivity index is 1.77. The van der Waals surface area contributed by atoms with Crippen molar-refractivity contribution in [3.8, 4) is 11.4 Å². The van der Waals surface area contributed by atoms with E-state index in [1.807, 2.05) is 61.7 Å². The Morgan fingerprint density at radius 1 is 1.26 bits per heavy atom. The number of anilines is 1. The average molecular weight is 437 g/mol. The molecule has 3 heterocycles. The van der Waals surface area contributed by atoms with Crippen molar-refractivity contribution in [1.82, 2.24) is 14.8 Å². The molecule has 164 valence electrons. The van der Waals surface area contributed by atoms with Crippen molar-refractivity contribution >= 4 is 17.6 Å². The van der Waals surface area contributed by atoms with Crippen LogP contribution in [0.25, 0.3) is 11.4 Å². The maximum absolute atomic E-state index is 10.1. The second-order valence-corrected chi connectivity index (χ2v) is 10.3. The first-order chi connectivity index (χ1) is 14.7. The Kier molecular flexibility index (Phi) is 6.13. The summed E-state index contributed by atoms with van der Waals surface area (Å²) in [5.41, 5.74) is 6.28. The summed E-state index contributed by atoms with van der Waals surface area (Å²) in [5.74, 6) is 2.09. The topological polar surface area (TPSA) is 63.0 Å². The molecule has 0 bridgehead atoms. The summed E-state index contributed by atoms with van der Waals surface area (Å²) in [7, 11) is 2.00. The summed E-state index contributed by atoms with van der Waals surface area (Å²) in [6.07, 6.45) is 3.45. The molecule has 0 unspecified atom stereocenters. The molecule has 0 radical (unpaired) electrons. The third-order valence-corrected chi connectivity index (χ3v) is 7.31. The van der Waals surface area contributed by atoms with E-state index < -0.39 is 5.60 Å². The molecule has 0 aliphatic carbocycles. The number of benzene rings is 1. The van der Waals surface area contributed by atoms with Gasteiger partial charge in [-0.3, -0.25) is 9.67 Å². The van der Waals surface area contributed by atoms with Gasteiger partial charge in [-0.1, -0.05) is 24.3 Å². The Morgan fingerprint density at radius 3 is 2.74 bits per heavy atom. The zero-order chi connectivity index (χ0) is 22.2. The summed E-state index contributed by atoms with van der Waals surface area (Å²) < 4.78 is 1.96. The Morgan fingerprint density at radius 2 is 2.06 bits per heavy atom. The van der Waals surface area contributed by atoms with E-state index in [2.05, 4.69) is 42.3 Å². The van der Waals surface area contributed by atoms with Gasteiger partial charge in [0.2, 0.25) is 0 Å². The molecule has 0 fully saturated rings. The molecule has 2 atom stereocenters. The SMILES string of the molecule is Cc1cc(CCC(C)(C)O)ccc1[C@@H]1SC[C@H](C)Nc2c1c(-c1ccccn1)nn2C. The normalized spacial score (nSPS) is 18.9. The maximum atomic E-state index is 10.1. The predicted octanol–water partition coefficient (Wildman–Crippen LogP) is 5.13. The molecule has 1 aliphatic rings. The highest BCUT2D eigenvalue weighted by Crippen LogP contribution is 2.47. The van der Waals surface area contributed by atoms with Gasteiger partial charge in [0.05, 0.1) is 16.5 Å². The number of pyridine rings is 1. The van der Waals surface area contributed by atoms with Crippen LogP contribution in [0.1, 0.15) is 54.7 Å². The fourth-order valence-electron chi connectivity index (χ4n) is 4.13. The van der Waals surface area contributed by atoms with E-state index in [1.54, 1.807) is 0 Å². The minimum Gasteiger partial charge on any atom is -0.390 e. The Bertz CT molecular complexity index is 1060. The van der Waals surface area contributed by atoms with Gasteiger partial charge in [-0.25, -0.2) is 0 Å². The predicted molar refractivity (Wildman–Crippen MR) is 130 cm³/mol. The van der Waals surface area contributed by atoms with Gasteiger partial charge in [0.1, 0.15) is 11.5 Å². The van der Waals surface area contributed by atoms with Crippen LogP contribution in [0.5, 0.6) is 0 Å². The molecular formula is C25H32N4OS. The smallest absolute Gasteiger partial charge is 0.129 e. The van der Waals surface area contributed by atoms with Crippen molar-refractivity contribution in [3.63, 3.8) is 0 Å². The molecule has 2 aromatic heterocycles. The van der Waals surface area contributed by atoms with Gasteiger partial charge in [0.15, 0.2) is 0 Å². The van der Waals surface area contributed by atoms with Crippen LogP contribution in [0.3, 0.4) is 0 Å². The fraction of sp³-hybridized carbons (Fsp3) is 0.440. The summed E-state index contributed by atoms with van der Waals surface area (Å²) in [5, 5.41) is 18.8. The number of aliphatic hydroxyl groups is 1. The Hall–Kier alpha value is -2.31. The molecule has 1 aromatic carbocycles. The van der Waals surface area contributed by atoms with Crippen LogP contribution in [-0.4, -0.2) is 37.3 Å². The largest absolute Gasteiger partial charge is 0.390 e. The van der Waals surface area contributed by atoms with Crippen LogP contribution in [0.4, 0.5) is 5.82 Å². The molecule has 4 rings (SSSR count). The first kappa shape index (κ1) is 21.9. The Labute approximate surface area is 189 Å². The van der Waals surface area contributed by atoms with Crippen molar-refractivity contribution in [3.05, 3.63) is 64.8 Å². The van der Waals surface area contributed by atoms with Gasteiger partial charge in [-0.05, 0) is 69.4 Å². The number of thioether (sulfide) groups is 1. The van der Waals surface area contributed by atoms with E-state index in [-0.39, 0.29) is 5.25 Å². The van der Waals surface area contributed by atoms with Crippen LogP contribution in [0, 0.1) is 6.92 Å². The van der Waals surface area contributed by atoms with E-state index in [4.69, 9.17) is 5.10 Å². The second kappa shape index (κ2) is 8.67. The van der Waals surface area contributed by atoms with Crippen molar-refractivity contribution in [2.24, 2.45) is 7.05 Å². The van der Waals surface area contributed by atoms with Crippen LogP contribution in [0.15, 0.2) is 42.6 Å². The number of nitrogens with one attached hydrogen (secondary N) is 1. The number of fused-ring (bicyclic) bond motifs is 1. The molecule has 2 N–H and O–H groups in total. The quantitative estimate of drug-likeness (QED) is 0.580. The molecule has 3 aromatic rings. The van der Waals surface area contributed by atoms with E-state index >= 15 is 0 Å². The highest BCUT2D eigenvalue weighted by atomic mass is 32.2. The molecule has 0 saturated carbocycles. The molecule has 6 heteroatoms. The zero-order valence-electron chi connectivity index (χ0n) is 19.0. The van der Waals surface area contributed by atoms with Crippen LogP contribution in [0.2, 0.25) is 0 Å². The lowest BCUT2D eigenvalue weighted by Gasteiger charge is -2.20. The number of aryl methyl sites for hydroxylation is 3. The van der Waals surface area contributed by atoms with Crippen LogP contribution < -0.4 is 5.32 Å². The van der Waals surface area contributed by atoms with Crippen molar-refractivity contribution in [2.45, 2.75) is 57.4 Å². The minimum absolute atomic E-state index is 0.182. The lowest BCUT2D eigenvalue weighted by atomic mass is 9.93. The summed E-state index contributed by atoms with van der Waals surface area (Å²) in [6, 6.07) is 13.1. The second-order valence-electron chi connectivity index (χ2n) is 9.21. The number of rotatable bonds is 5. The van der Waals surface area contributed by atoms with Gasteiger partial charge < -0.3 is 10.4 Å². The van der Waals surface area contributed by atoms with Crippen molar-refractivity contribution < 1.29 is 5.11 Å². The maximum Gasteiger partial charge on any atom is 0.129 e. The number of hydrogen-bond acceptors (Lipinski definition) is 5. The monoisotopic (exact) mass is 436 g/mol. The van der Waals surface area contributed by atoms with Gasteiger partial charge in [0, 0.05) is 30.6 Å². The third-order valence-electron chi connectivity index (χ3n) is 5.79. The number of nitrogens with zero attached hydrogens (tertiary/aromatic N) is 3. The van der Waals surface area contributed by atoms with E-state index in [9.17, 15) is 5.11 Å². The first-order valence-corrected chi connectivity index (χ1v) is 12.0. The van der Waals surface area contributed by atoms with Gasteiger partial charge in [-0.2, -0.15) is 5.10 Å². The first-order valence-electron chi connectivity index (χ1n) is 10.9. The minimum atomic E-state index is -0.645. The lowest BCUT2D eigenvalue weighted by molar-refractivity contribution is 0.0714. The molecule has 1 aliphatic heterocycles. The van der Waals surface area contributed by atoms with Gasteiger partial charge in [0.25, 0.3) is 0 Å². The summed E-state index contributed by atoms with van der Waals surface area (Å²) in [4.78, 5) is 4.60. The third kappa shape index (κ3) is 4.80. The van der Waals surface area contributed by atoms with E-state index in [1.165, 1.54) is 22.3 Å². The molecule has 0 spiro atoms. The molecule has 0 amide bonds. The fourth-order valence-corrected chi connectivity index (χ4v) is 5.53. The van der Waals surface area contributed by atoms with Gasteiger partial charge >= 0.3 is 0 Å². The summed E-state index contributed by atoms with van der Waals surface area (Å²) in [6.45, 7) is 8.15. The molecule has 0 saturated heterocycles.